The van der Waals surface area contributed by atoms with Crippen LogP contribution in [0.25, 0.3) is 0 Å². The zero-order valence-electron chi connectivity index (χ0n) is 23.2. The molecule has 202 valence electrons. The number of fused-ring (bicyclic) bond motifs is 1. The maximum atomic E-state index is 14.3. The number of hydrogen-bond donors (Lipinski definition) is 2. The number of aromatic amines is 1. The molecule has 0 bridgehead atoms. The van der Waals surface area contributed by atoms with Crippen molar-refractivity contribution >= 4 is 17.3 Å². The second-order valence-corrected chi connectivity index (χ2v) is 10.9. The molecule has 4 aromatic rings. The quantitative estimate of drug-likeness (QED) is 0.298. The molecule has 1 unspecified atom stereocenters. The maximum Gasteiger partial charge on any atom is 0.234 e. The lowest BCUT2D eigenvalue weighted by Gasteiger charge is -2.31. The van der Waals surface area contributed by atoms with E-state index in [0.717, 1.165) is 58.7 Å². The average molecular weight is 524 g/mol. The van der Waals surface area contributed by atoms with Crippen LogP contribution in [0.2, 0.25) is 0 Å². The Hall–Kier alpha value is -4.13. The van der Waals surface area contributed by atoms with Crippen molar-refractivity contribution in [3.63, 3.8) is 0 Å². The second kappa shape index (κ2) is 11.3. The van der Waals surface area contributed by atoms with Gasteiger partial charge >= 0.3 is 0 Å². The summed E-state index contributed by atoms with van der Waals surface area (Å²) in [5, 5.41) is 18.1. The van der Waals surface area contributed by atoms with Gasteiger partial charge in [-0.15, -0.1) is 0 Å². The van der Waals surface area contributed by atoms with Gasteiger partial charge in [-0.2, -0.15) is 5.10 Å². The summed E-state index contributed by atoms with van der Waals surface area (Å²) >= 11 is 0. The SMILES string of the molecule is CC(C)c1ccc(N(Cc2c[nH]nc2Cc2ccccc2N(C)C)C(=O)C2CCCc3c(O)cccc32)cn1. The van der Waals surface area contributed by atoms with Gasteiger partial charge in [0.05, 0.1) is 30.0 Å². The predicted molar refractivity (Wildman–Crippen MR) is 155 cm³/mol. The van der Waals surface area contributed by atoms with E-state index in [-0.39, 0.29) is 17.6 Å². The lowest BCUT2D eigenvalue weighted by molar-refractivity contribution is -0.120. The molecule has 0 saturated carbocycles. The fourth-order valence-electron chi connectivity index (χ4n) is 5.55. The highest BCUT2D eigenvalue weighted by Crippen LogP contribution is 2.38. The van der Waals surface area contributed by atoms with E-state index >= 15 is 0 Å². The predicted octanol–water partition coefficient (Wildman–Crippen LogP) is 5.94. The van der Waals surface area contributed by atoms with Crippen LogP contribution >= 0.6 is 0 Å². The molecule has 2 N–H and O–H groups in total. The van der Waals surface area contributed by atoms with Crippen LogP contribution in [0.5, 0.6) is 5.75 Å². The van der Waals surface area contributed by atoms with Crippen molar-refractivity contribution in [1.82, 2.24) is 15.2 Å². The third kappa shape index (κ3) is 5.53. The third-order valence-electron chi connectivity index (χ3n) is 7.69. The zero-order valence-corrected chi connectivity index (χ0v) is 23.2. The van der Waals surface area contributed by atoms with Crippen LogP contribution in [0.4, 0.5) is 11.4 Å². The highest BCUT2D eigenvalue weighted by atomic mass is 16.3. The molecule has 39 heavy (non-hydrogen) atoms. The van der Waals surface area contributed by atoms with E-state index in [1.165, 1.54) is 5.56 Å². The normalized spacial score (nSPS) is 14.7. The largest absolute Gasteiger partial charge is 0.508 e. The number of phenolic OH excluding ortho intramolecular Hbond substituents is 1. The Balaban J connectivity index is 1.50. The molecule has 1 aliphatic carbocycles. The Morgan fingerprint density at radius 3 is 2.64 bits per heavy atom. The molecular formula is C32H37N5O2. The Labute approximate surface area is 230 Å². The number of nitrogens with one attached hydrogen (secondary N) is 1. The lowest BCUT2D eigenvalue weighted by atomic mass is 9.81. The number of anilines is 2. The van der Waals surface area contributed by atoms with Crippen molar-refractivity contribution in [2.24, 2.45) is 0 Å². The summed E-state index contributed by atoms with van der Waals surface area (Å²) in [7, 11) is 4.08. The highest BCUT2D eigenvalue weighted by Gasteiger charge is 2.32. The topological polar surface area (TPSA) is 85.4 Å². The van der Waals surface area contributed by atoms with E-state index in [1.54, 1.807) is 12.3 Å². The van der Waals surface area contributed by atoms with Crippen LogP contribution in [-0.4, -0.2) is 40.3 Å². The van der Waals surface area contributed by atoms with Gasteiger partial charge in [-0.05, 0) is 66.1 Å². The number of carbonyl (C=O) groups is 1. The van der Waals surface area contributed by atoms with Gasteiger partial charge in [-0.3, -0.25) is 14.9 Å². The molecule has 5 rings (SSSR count). The molecule has 0 aliphatic heterocycles. The Kier molecular flexibility index (Phi) is 7.68. The average Bonchev–Trinajstić information content (AvgIpc) is 3.38. The summed E-state index contributed by atoms with van der Waals surface area (Å²) in [4.78, 5) is 22.9. The lowest BCUT2D eigenvalue weighted by Crippen LogP contribution is -2.36. The first kappa shape index (κ1) is 26.5. The van der Waals surface area contributed by atoms with Crippen molar-refractivity contribution in [2.75, 3.05) is 23.9 Å². The Morgan fingerprint density at radius 1 is 1.08 bits per heavy atom. The monoisotopic (exact) mass is 523 g/mol. The maximum absolute atomic E-state index is 14.3. The molecule has 2 heterocycles. The van der Waals surface area contributed by atoms with Crippen molar-refractivity contribution in [1.29, 1.82) is 0 Å². The number of H-pyrrole nitrogens is 1. The molecule has 1 amide bonds. The second-order valence-electron chi connectivity index (χ2n) is 10.9. The fourth-order valence-corrected chi connectivity index (χ4v) is 5.55. The van der Waals surface area contributed by atoms with Crippen molar-refractivity contribution in [2.45, 2.75) is 57.9 Å². The number of benzene rings is 2. The summed E-state index contributed by atoms with van der Waals surface area (Å²) in [6.45, 7) is 4.60. The summed E-state index contributed by atoms with van der Waals surface area (Å²) in [6.07, 6.45) is 6.74. The fraction of sp³-hybridized carbons (Fsp3) is 0.344. The first-order valence-electron chi connectivity index (χ1n) is 13.7. The van der Waals surface area contributed by atoms with Gasteiger partial charge < -0.3 is 14.9 Å². The van der Waals surface area contributed by atoms with E-state index in [4.69, 9.17) is 0 Å². The number of amides is 1. The minimum Gasteiger partial charge on any atom is -0.508 e. The van der Waals surface area contributed by atoms with E-state index in [2.05, 4.69) is 46.1 Å². The van der Waals surface area contributed by atoms with Crippen LogP contribution < -0.4 is 9.80 Å². The molecule has 0 spiro atoms. The molecular weight excluding hydrogens is 486 g/mol. The summed E-state index contributed by atoms with van der Waals surface area (Å²) in [5.74, 6) is 0.266. The smallest absolute Gasteiger partial charge is 0.234 e. The minimum absolute atomic E-state index is 0.0153. The van der Waals surface area contributed by atoms with Gasteiger partial charge in [0.1, 0.15) is 5.75 Å². The number of phenols is 1. The number of aromatic nitrogens is 3. The summed E-state index contributed by atoms with van der Waals surface area (Å²) < 4.78 is 0. The number of nitrogens with zero attached hydrogens (tertiary/aromatic N) is 4. The van der Waals surface area contributed by atoms with Crippen molar-refractivity contribution in [3.05, 3.63) is 101 Å². The van der Waals surface area contributed by atoms with Crippen LogP contribution in [-0.2, 0) is 24.2 Å². The summed E-state index contributed by atoms with van der Waals surface area (Å²) in [6, 6.07) is 17.8. The van der Waals surface area contributed by atoms with E-state index in [1.807, 2.05) is 61.6 Å². The number of para-hydroxylation sites is 1. The van der Waals surface area contributed by atoms with Crippen LogP contribution in [0.15, 0.2) is 67.0 Å². The molecule has 7 heteroatoms. The van der Waals surface area contributed by atoms with Crippen LogP contribution in [0.1, 0.15) is 72.2 Å². The van der Waals surface area contributed by atoms with Gasteiger partial charge in [0.15, 0.2) is 0 Å². The van der Waals surface area contributed by atoms with Crippen molar-refractivity contribution < 1.29 is 9.90 Å². The van der Waals surface area contributed by atoms with E-state index in [9.17, 15) is 9.90 Å². The number of carbonyl (C=O) groups excluding carboxylic acids is 1. The zero-order chi connectivity index (χ0) is 27.5. The first-order valence-corrected chi connectivity index (χ1v) is 13.7. The molecule has 0 fully saturated rings. The Morgan fingerprint density at radius 2 is 1.90 bits per heavy atom. The number of rotatable bonds is 8. The first-order chi connectivity index (χ1) is 18.8. The standard InChI is InChI=1S/C32H37N5O2/c1-21(2)28-16-15-24(19-33-28)37(32(39)27-12-7-11-26-25(27)10-8-14-31(26)38)20-23-18-34-35-29(23)17-22-9-5-6-13-30(22)36(3)4/h5-6,8-10,13-16,18-19,21,27,38H,7,11-12,17,20H2,1-4H3,(H,34,35). The van der Waals surface area contributed by atoms with E-state index in [0.29, 0.717) is 18.9 Å². The van der Waals surface area contributed by atoms with Gasteiger partial charge in [-0.25, -0.2) is 0 Å². The molecule has 2 aromatic carbocycles. The van der Waals surface area contributed by atoms with E-state index < -0.39 is 0 Å². The number of pyridine rings is 1. The van der Waals surface area contributed by atoms with Crippen molar-refractivity contribution in [3.8, 4) is 5.75 Å². The number of aromatic hydroxyl groups is 1. The summed E-state index contributed by atoms with van der Waals surface area (Å²) in [5.41, 5.74) is 7.77. The molecule has 1 aliphatic rings. The molecule has 1 atom stereocenters. The van der Waals surface area contributed by atoms with Gasteiger partial charge in [0, 0.05) is 43.7 Å². The molecule has 0 radical (unpaired) electrons. The highest BCUT2D eigenvalue weighted by molar-refractivity contribution is 5.98. The number of hydrogen-bond acceptors (Lipinski definition) is 5. The molecule has 2 aromatic heterocycles. The third-order valence-corrected chi connectivity index (χ3v) is 7.69. The Bertz CT molecular complexity index is 1440. The molecule has 7 nitrogen and oxygen atoms in total. The van der Waals surface area contributed by atoms with Crippen LogP contribution in [0.3, 0.4) is 0 Å². The van der Waals surface area contributed by atoms with Gasteiger partial charge in [-0.1, -0.05) is 44.2 Å². The van der Waals surface area contributed by atoms with Gasteiger partial charge in [0.25, 0.3) is 0 Å². The molecule has 0 saturated heterocycles. The minimum atomic E-state index is -0.324. The van der Waals surface area contributed by atoms with Gasteiger partial charge in [0.2, 0.25) is 5.91 Å². The van der Waals surface area contributed by atoms with Crippen LogP contribution in [0, 0.1) is 0 Å².